The highest BCUT2D eigenvalue weighted by Gasteiger charge is 1.97. The summed E-state index contributed by atoms with van der Waals surface area (Å²) in [6.07, 6.45) is 8.94. The molecular weight excluding hydrogens is 268 g/mol. The van der Waals surface area contributed by atoms with E-state index in [9.17, 15) is 0 Å². The first-order valence-corrected chi connectivity index (χ1v) is 8.40. The maximum Gasteiger partial charge on any atom is 0.119 e. The lowest BCUT2D eigenvalue weighted by Crippen LogP contribution is -1.83. The van der Waals surface area contributed by atoms with Crippen molar-refractivity contribution in [3.05, 3.63) is 42.0 Å². The molecule has 22 heavy (non-hydrogen) atoms. The molecule has 2 rings (SSSR count). The van der Waals surface area contributed by atoms with E-state index in [1.807, 2.05) is 6.07 Å². The fraction of sp³-hybridized carbons (Fsp3) is 0.429. The Kier molecular flexibility index (Phi) is 6.84. The zero-order chi connectivity index (χ0) is 15.6. The maximum absolute atomic E-state index is 5.28. The maximum atomic E-state index is 5.28. The van der Waals surface area contributed by atoms with Crippen LogP contribution in [0.15, 0.2) is 36.4 Å². The van der Waals surface area contributed by atoms with Gasteiger partial charge < -0.3 is 4.74 Å². The summed E-state index contributed by atoms with van der Waals surface area (Å²) in [5.41, 5.74) is 1.09. The molecule has 0 unspecified atom stereocenters. The minimum atomic E-state index is 0.893. The third-order valence-electron chi connectivity index (χ3n) is 3.94. The van der Waals surface area contributed by atoms with Crippen LogP contribution in [0.5, 0.6) is 5.75 Å². The largest absolute Gasteiger partial charge is 0.497 e. The van der Waals surface area contributed by atoms with Crippen molar-refractivity contribution in [1.82, 2.24) is 0 Å². The fourth-order valence-corrected chi connectivity index (χ4v) is 2.59. The minimum Gasteiger partial charge on any atom is -0.497 e. The van der Waals surface area contributed by atoms with E-state index in [-0.39, 0.29) is 0 Å². The number of unbranched alkanes of at least 4 members (excludes halogenated alkanes) is 6. The number of ether oxygens (including phenoxy) is 1. The zero-order valence-corrected chi connectivity index (χ0v) is 13.8. The third kappa shape index (κ3) is 5.11. The van der Waals surface area contributed by atoms with Crippen LogP contribution in [-0.2, 0) is 0 Å². The van der Waals surface area contributed by atoms with Crippen molar-refractivity contribution < 1.29 is 4.74 Å². The SMILES string of the molecule is CCCCCCCCC#Cc1ccc2ccc(OC)cc2c1. The summed E-state index contributed by atoms with van der Waals surface area (Å²) in [6, 6.07) is 12.5. The average Bonchev–Trinajstić information content (AvgIpc) is 2.56. The number of hydrogen-bond acceptors (Lipinski definition) is 1. The van der Waals surface area contributed by atoms with Crippen LogP contribution in [-0.4, -0.2) is 7.11 Å². The summed E-state index contributed by atoms with van der Waals surface area (Å²) in [6.45, 7) is 2.25. The van der Waals surface area contributed by atoms with Crippen molar-refractivity contribution >= 4 is 10.8 Å². The van der Waals surface area contributed by atoms with E-state index in [4.69, 9.17) is 4.74 Å². The monoisotopic (exact) mass is 294 g/mol. The second-order valence-electron chi connectivity index (χ2n) is 5.75. The number of fused-ring (bicyclic) bond motifs is 1. The molecule has 0 amide bonds. The first kappa shape index (κ1) is 16.4. The molecule has 0 heterocycles. The minimum absolute atomic E-state index is 0.893. The lowest BCUT2D eigenvalue weighted by atomic mass is 10.1. The Balaban J connectivity index is 1.88. The first-order valence-electron chi connectivity index (χ1n) is 8.40. The summed E-state index contributed by atoms with van der Waals surface area (Å²) in [5.74, 6) is 7.48. The van der Waals surface area contributed by atoms with Gasteiger partial charge in [-0.1, -0.05) is 63.0 Å². The fourth-order valence-electron chi connectivity index (χ4n) is 2.59. The van der Waals surface area contributed by atoms with Gasteiger partial charge in [0.2, 0.25) is 0 Å². The van der Waals surface area contributed by atoms with Crippen LogP contribution < -0.4 is 4.74 Å². The number of hydrogen-bond donors (Lipinski definition) is 0. The molecule has 0 aliphatic heterocycles. The van der Waals surface area contributed by atoms with Crippen molar-refractivity contribution in [2.45, 2.75) is 51.9 Å². The molecule has 0 bridgehead atoms. The number of rotatable bonds is 7. The summed E-state index contributed by atoms with van der Waals surface area (Å²) in [7, 11) is 1.70. The molecule has 0 saturated carbocycles. The van der Waals surface area contributed by atoms with Crippen LogP contribution in [0.3, 0.4) is 0 Å². The van der Waals surface area contributed by atoms with E-state index >= 15 is 0 Å². The van der Waals surface area contributed by atoms with Gasteiger partial charge in [-0.3, -0.25) is 0 Å². The Hall–Kier alpha value is -1.94. The average molecular weight is 294 g/mol. The van der Waals surface area contributed by atoms with Crippen LogP contribution in [0, 0.1) is 11.8 Å². The topological polar surface area (TPSA) is 9.23 Å². The van der Waals surface area contributed by atoms with Gasteiger partial charge in [0.25, 0.3) is 0 Å². The summed E-state index contributed by atoms with van der Waals surface area (Å²) in [5, 5.41) is 2.41. The molecule has 0 atom stereocenters. The van der Waals surface area contributed by atoms with E-state index in [0.717, 1.165) is 17.7 Å². The molecule has 1 heteroatoms. The smallest absolute Gasteiger partial charge is 0.119 e. The summed E-state index contributed by atoms with van der Waals surface area (Å²) < 4.78 is 5.28. The van der Waals surface area contributed by atoms with Crippen LogP contribution in [0.1, 0.15) is 57.4 Å². The van der Waals surface area contributed by atoms with Gasteiger partial charge in [-0.2, -0.15) is 0 Å². The van der Waals surface area contributed by atoms with Gasteiger partial charge in [0.15, 0.2) is 0 Å². The zero-order valence-electron chi connectivity index (χ0n) is 13.8. The van der Waals surface area contributed by atoms with Crippen molar-refractivity contribution in [2.75, 3.05) is 7.11 Å². The van der Waals surface area contributed by atoms with Crippen LogP contribution in [0.25, 0.3) is 10.8 Å². The van der Waals surface area contributed by atoms with Gasteiger partial charge in [0.05, 0.1) is 7.11 Å². The molecule has 2 aromatic rings. The van der Waals surface area contributed by atoms with Gasteiger partial charge >= 0.3 is 0 Å². The van der Waals surface area contributed by atoms with Gasteiger partial charge in [0.1, 0.15) is 5.75 Å². The van der Waals surface area contributed by atoms with Gasteiger partial charge in [-0.15, -0.1) is 0 Å². The van der Waals surface area contributed by atoms with Crippen LogP contribution >= 0.6 is 0 Å². The molecule has 0 saturated heterocycles. The molecule has 1 nitrogen and oxygen atoms in total. The predicted octanol–water partition coefficient (Wildman–Crippen LogP) is 5.95. The lowest BCUT2D eigenvalue weighted by molar-refractivity contribution is 0.415. The summed E-state index contributed by atoms with van der Waals surface area (Å²) in [4.78, 5) is 0. The van der Waals surface area contributed by atoms with Crippen LogP contribution in [0.4, 0.5) is 0 Å². The Morgan fingerprint density at radius 2 is 1.64 bits per heavy atom. The van der Waals surface area contributed by atoms with Crippen molar-refractivity contribution in [1.29, 1.82) is 0 Å². The molecule has 0 aromatic heterocycles. The number of benzene rings is 2. The predicted molar refractivity (Wildman–Crippen MR) is 95.4 cm³/mol. The Morgan fingerprint density at radius 1 is 0.864 bits per heavy atom. The molecule has 116 valence electrons. The second kappa shape index (κ2) is 9.15. The highest BCUT2D eigenvalue weighted by molar-refractivity contribution is 5.85. The number of methoxy groups -OCH3 is 1. The van der Waals surface area contributed by atoms with Crippen molar-refractivity contribution in [3.8, 4) is 17.6 Å². The molecule has 0 radical (unpaired) electrons. The van der Waals surface area contributed by atoms with E-state index in [0.29, 0.717) is 0 Å². The van der Waals surface area contributed by atoms with E-state index in [1.165, 1.54) is 49.3 Å². The highest BCUT2D eigenvalue weighted by atomic mass is 16.5. The molecule has 0 fully saturated rings. The molecule has 0 aliphatic rings. The Bertz CT molecular complexity index is 646. The normalized spacial score (nSPS) is 10.3. The molecule has 0 aliphatic carbocycles. The molecular formula is C21H26O. The quantitative estimate of drug-likeness (QED) is 0.453. The summed E-state index contributed by atoms with van der Waals surface area (Å²) >= 11 is 0. The highest BCUT2D eigenvalue weighted by Crippen LogP contribution is 2.21. The van der Waals surface area contributed by atoms with Gasteiger partial charge in [-0.25, -0.2) is 0 Å². The van der Waals surface area contributed by atoms with E-state index in [1.54, 1.807) is 7.11 Å². The first-order chi connectivity index (χ1) is 10.8. The molecule has 0 spiro atoms. The Morgan fingerprint density at radius 3 is 2.45 bits per heavy atom. The van der Waals surface area contributed by atoms with Gasteiger partial charge in [-0.05, 0) is 41.5 Å². The van der Waals surface area contributed by atoms with Gasteiger partial charge in [0, 0.05) is 12.0 Å². The van der Waals surface area contributed by atoms with E-state index < -0.39 is 0 Å². The van der Waals surface area contributed by atoms with Crippen molar-refractivity contribution in [3.63, 3.8) is 0 Å². The van der Waals surface area contributed by atoms with Crippen LogP contribution in [0.2, 0.25) is 0 Å². The third-order valence-corrected chi connectivity index (χ3v) is 3.94. The Labute approximate surface area is 134 Å². The molecule has 2 aromatic carbocycles. The second-order valence-corrected chi connectivity index (χ2v) is 5.75. The lowest BCUT2D eigenvalue weighted by Gasteiger charge is -2.02. The van der Waals surface area contributed by atoms with E-state index in [2.05, 4.69) is 49.1 Å². The van der Waals surface area contributed by atoms with Crippen molar-refractivity contribution in [2.24, 2.45) is 0 Å². The molecule has 0 N–H and O–H groups in total. The standard InChI is InChI=1S/C21H26O/c1-3-4-5-6-7-8-9-10-11-18-12-13-19-14-15-21(22-2)17-20(19)16-18/h12-17H,3-9H2,1-2H3.